The summed E-state index contributed by atoms with van der Waals surface area (Å²) in [5.74, 6) is 4.30. The molecule has 0 aromatic heterocycles. The van der Waals surface area contributed by atoms with Crippen molar-refractivity contribution in [2.75, 3.05) is 0 Å². The minimum atomic E-state index is -0.386. The van der Waals surface area contributed by atoms with Crippen LogP contribution in [0.3, 0.4) is 0 Å². The van der Waals surface area contributed by atoms with Gasteiger partial charge in [-0.3, -0.25) is 4.79 Å². The van der Waals surface area contributed by atoms with Gasteiger partial charge in [0, 0.05) is 0 Å². The Morgan fingerprint density at radius 2 is 2.45 bits per heavy atom. The lowest BCUT2D eigenvalue weighted by Crippen LogP contribution is -2.10. The van der Waals surface area contributed by atoms with E-state index in [1.807, 2.05) is 18.2 Å². The van der Waals surface area contributed by atoms with Crippen LogP contribution >= 0.6 is 0 Å². The zero-order valence-electron chi connectivity index (χ0n) is 6.25. The van der Waals surface area contributed by atoms with Gasteiger partial charge in [0.2, 0.25) is 0 Å². The monoisotopic (exact) mass is 153 g/mol. The molecule has 0 saturated carbocycles. The van der Waals surface area contributed by atoms with Gasteiger partial charge < -0.3 is 4.84 Å². The molecule has 60 valence electrons. The Kier molecular flexibility index (Phi) is 2.86. The van der Waals surface area contributed by atoms with Crippen LogP contribution in [0, 0.1) is 0 Å². The van der Waals surface area contributed by atoms with Crippen molar-refractivity contribution >= 4 is 5.97 Å². The van der Waals surface area contributed by atoms with Crippen LogP contribution in [-0.4, -0.2) is 5.97 Å². The van der Waals surface area contributed by atoms with E-state index in [2.05, 4.69) is 10.7 Å². The number of carbonyl (C=O) groups excluding carboxylic acids is 1. The second-order valence-electron chi connectivity index (χ2n) is 2.43. The number of carbonyl (C=O) groups is 1. The lowest BCUT2D eigenvalue weighted by atomic mass is 10.0. The maximum Gasteiger partial charge on any atom is 0.328 e. The number of nitrogens with two attached hydrogens (primary N) is 1. The first-order valence-electron chi connectivity index (χ1n) is 3.58. The Hall–Kier alpha value is -1.09. The third-order valence-corrected chi connectivity index (χ3v) is 1.55. The first-order chi connectivity index (χ1) is 5.33. The van der Waals surface area contributed by atoms with Gasteiger partial charge in [-0.05, 0) is 18.4 Å². The normalized spacial score (nSPS) is 15.9. The van der Waals surface area contributed by atoms with E-state index in [9.17, 15) is 4.79 Å². The molecular formula is C8H11NO2. The summed E-state index contributed by atoms with van der Waals surface area (Å²) >= 11 is 0. The van der Waals surface area contributed by atoms with Crippen molar-refractivity contribution < 1.29 is 9.63 Å². The molecule has 1 aliphatic rings. The van der Waals surface area contributed by atoms with Gasteiger partial charge >= 0.3 is 5.97 Å². The summed E-state index contributed by atoms with van der Waals surface area (Å²) in [5.41, 5.74) is 0.992. The highest BCUT2D eigenvalue weighted by atomic mass is 16.7. The summed E-state index contributed by atoms with van der Waals surface area (Å²) in [6.07, 6.45) is 8.34. The minimum Gasteiger partial charge on any atom is -0.373 e. The summed E-state index contributed by atoms with van der Waals surface area (Å²) < 4.78 is 0. The van der Waals surface area contributed by atoms with Crippen molar-refractivity contribution in [3.8, 4) is 0 Å². The van der Waals surface area contributed by atoms with Gasteiger partial charge in [0.15, 0.2) is 0 Å². The van der Waals surface area contributed by atoms with Gasteiger partial charge in [-0.2, -0.15) is 5.90 Å². The van der Waals surface area contributed by atoms with Crippen LogP contribution in [0.1, 0.15) is 19.3 Å². The highest BCUT2D eigenvalue weighted by Gasteiger charge is 2.04. The van der Waals surface area contributed by atoms with E-state index >= 15 is 0 Å². The molecule has 0 aromatic carbocycles. The van der Waals surface area contributed by atoms with Crippen LogP contribution < -0.4 is 5.90 Å². The van der Waals surface area contributed by atoms with Gasteiger partial charge in [-0.25, -0.2) is 0 Å². The summed E-state index contributed by atoms with van der Waals surface area (Å²) in [6, 6.07) is 0. The van der Waals surface area contributed by atoms with Crippen LogP contribution in [0.4, 0.5) is 0 Å². The maximum absolute atomic E-state index is 10.7. The smallest absolute Gasteiger partial charge is 0.328 e. The summed E-state index contributed by atoms with van der Waals surface area (Å²) in [4.78, 5) is 14.7. The standard InChI is InChI=1S/C8H11NO2/c9-11-8(10)6-7-4-2-1-3-5-7/h2,4-5H,1,3,6,9H2. The molecule has 0 aromatic rings. The Labute approximate surface area is 65.5 Å². The van der Waals surface area contributed by atoms with Crippen LogP contribution in [0.2, 0.25) is 0 Å². The van der Waals surface area contributed by atoms with Crippen LogP contribution in [-0.2, 0) is 9.63 Å². The average Bonchev–Trinajstić information content (AvgIpc) is 2.06. The summed E-state index contributed by atoms with van der Waals surface area (Å²) in [7, 11) is 0. The molecule has 1 rings (SSSR count). The number of hydrogen-bond acceptors (Lipinski definition) is 3. The van der Waals surface area contributed by atoms with Crippen LogP contribution in [0.15, 0.2) is 23.8 Å². The molecular weight excluding hydrogens is 142 g/mol. The first kappa shape index (κ1) is 8.01. The molecule has 0 heterocycles. The van der Waals surface area contributed by atoms with Crippen molar-refractivity contribution in [1.29, 1.82) is 0 Å². The van der Waals surface area contributed by atoms with Gasteiger partial charge in [0.25, 0.3) is 0 Å². The summed E-state index contributed by atoms with van der Waals surface area (Å²) in [6.45, 7) is 0. The van der Waals surface area contributed by atoms with E-state index in [0.29, 0.717) is 0 Å². The third-order valence-electron chi connectivity index (χ3n) is 1.55. The fourth-order valence-corrected chi connectivity index (χ4v) is 1.01. The van der Waals surface area contributed by atoms with Gasteiger partial charge in [0.05, 0.1) is 6.42 Å². The molecule has 0 atom stereocenters. The van der Waals surface area contributed by atoms with Gasteiger partial charge in [-0.15, -0.1) is 0 Å². The highest BCUT2D eigenvalue weighted by molar-refractivity contribution is 5.72. The van der Waals surface area contributed by atoms with Crippen molar-refractivity contribution in [3.05, 3.63) is 23.8 Å². The van der Waals surface area contributed by atoms with E-state index in [-0.39, 0.29) is 12.4 Å². The topological polar surface area (TPSA) is 52.3 Å². The van der Waals surface area contributed by atoms with Gasteiger partial charge in [0.1, 0.15) is 0 Å². The van der Waals surface area contributed by atoms with E-state index in [1.54, 1.807) is 0 Å². The molecule has 0 fully saturated rings. The quantitative estimate of drug-likeness (QED) is 0.604. The first-order valence-corrected chi connectivity index (χ1v) is 3.58. The highest BCUT2D eigenvalue weighted by Crippen LogP contribution is 2.12. The van der Waals surface area contributed by atoms with Gasteiger partial charge in [-0.1, -0.05) is 18.2 Å². The Morgan fingerprint density at radius 1 is 1.64 bits per heavy atom. The summed E-state index contributed by atoms with van der Waals surface area (Å²) in [5, 5.41) is 0. The molecule has 0 radical (unpaired) electrons. The molecule has 2 N–H and O–H groups in total. The predicted molar refractivity (Wildman–Crippen MR) is 41.4 cm³/mol. The molecule has 0 saturated heterocycles. The SMILES string of the molecule is NOC(=O)CC1=CCCC=C1. The maximum atomic E-state index is 10.7. The van der Waals surface area contributed by atoms with Crippen molar-refractivity contribution in [3.63, 3.8) is 0 Å². The third kappa shape index (κ3) is 2.55. The second-order valence-corrected chi connectivity index (χ2v) is 2.43. The Bertz CT molecular complexity index is 206. The molecule has 0 unspecified atom stereocenters. The lowest BCUT2D eigenvalue weighted by Gasteiger charge is -2.03. The Balaban J connectivity index is 2.42. The molecule has 0 aliphatic heterocycles. The fourth-order valence-electron chi connectivity index (χ4n) is 1.01. The molecule has 0 amide bonds. The number of hydrogen-bond donors (Lipinski definition) is 1. The Morgan fingerprint density at radius 3 is 3.00 bits per heavy atom. The minimum absolute atomic E-state index is 0.285. The van der Waals surface area contributed by atoms with E-state index in [1.165, 1.54) is 0 Å². The molecule has 3 heteroatoms. The van der Waals surface area contributed by atoms with E-state index < -0.39 is 0 Å². The number of rotatable bonds is 2. The van der Waals surface area contributed by atoms with Crippen molar-refractivity contribution in [1.82, 2.24) is 0 Å². The van der Waals surface area contributed by atoms with E-state index in [4.69, 9.17) is 0 Å². The lowest BCUT2D eigenvalue weighted by molar-refractivity contribution is -0.143. The van der Waals surface area contributed by atoms with Crippen molar-refractivity contribution in [2.24, 2.45) is 5.90 Å². The van der Waals surface area contributed by atoms with Crippen LogP contribution in [0.25, 0.3) is 0 Å². The average molecular weight is 153 g/mol. The van der Waals surface area contributed by atoms with Crippen molar-refractivity contribution in [2.45, 2.75) is 19.3 Å². The van der Waals surface area contributed by atoms with E-state index in [0.717, 1.165) is 18.4 Å². The molecule has 11 heavy (non-hydrogen) atoms. The molecule has 0 bridgehead atoms. The molecule has 0 spiro atoms. The van der Waals surface area contributed by atoms with Crippen LogP contribution in [0.5, 0.6) is 0 Å². The fraction of sp³-hybridized carbons (Fsp3) is 0.375. The zero-order valence-corrected chi connectivity index (χ0v) is 6.25. The number of allylic oxidation sites excluding steroid dienone is 3. The largest absolute Gasteiger partial charge is 0.373 e. The zero-order chi connectivity index (χ0) is 8.10. The molecule has 1 aliphatic carbocycles. The predicted octanol–water partition coefficient (Wildman–Crippen LogP) is 1.07. The molecule has 3 nitrogen and oxygen atoms in total. The second kappa shape index (κ2) is 3.93.